The Balaban J connectivity index is 2.43. The maximum atomic E-state index is 11.6. The van der Waals surface area contributed by atoms with Crippen molar-refractivity contribution in [1.29, 1.82) is 0 Å². The van der Waals surface area contributed by atoms with E-state index in [4.69, 9.17) is 21.4 Å². The Kier molecular flexibility index (Phi) is 3.31. The molecule has 0 bridgehead atoms. The number of aliphatic hydroxyl groups excluding tert-OH is 1. The van der Waals surface area contributed by atoms with E-state index in [0.29, 0.717) is 30.2 Å². The van der Waals surface area contributed by atoms with Gasteiger partial charge in [0, 0.05) is 5.56 Å². The molecule has 0 aromatic heterocycles. The maximum absolute atomic E-state index is 11.6. The highest BCUT2D eigenvalue weighted by atomic mass is 35.5. The lowest BCUT2D eigenvalue weighted by Gasteiger charge is -2.30. The Hall–Kier alpha value is -1.26. The third kappa shape index (κ3) is 1.86. The number of nitrogens with zero attached hydrogens (tertiary/aromatic N) is 1. The molecule has 5 heteroatoms. The number of hydrogen-bond acceptors (Lipinski definition) is 3. The number of hydrogen-bond donors (Lipinski definition) is 1. The normalized spacial score (nSPS) is 14.2. The standard InChI is InChI=1S/C11H12ClNO3/c12-6-10(15)13-4-5-16-11-8(7-14)2-1-3-9(11)13/h1-3,14H,4-7H2. The van der Waals surface area contributed by atoms with Crippen LogP contribution in [0.4, 0.5) is 5.69 Å². The summed E-state index contributed by atoms with van der Waals surface area (Å²) in [5.41, 5.74) is 1.37. The summed E-state index contributed by atoms with van der Waals surface area (Å²) in [4.78, 5) is 13.2. The molecule has 4 nitrogen and oxygen atoms in total. The Bertz CT molecular complexity index is 408. The number of ether oxygens (including phenoxy) is 1. The summed E-state index contributed by atoms with van der Waals surface area (Å²) in [6.45, 7) is 0.812. The fourth-order valence-corrected chi connectivity index (χ4v) is 1.91. The van der Waals surface area contributed by atoms with Gasteiger partial charge in [-0.2, -0.15) is 0 Å². The van der Waals surface area contributed by atoms with Crippen molar-refractivity contribution in [2.75, 3.05) is 23.9 Å². The maximum Gasteiger partial charge on any atom is 0.242 e. The predicted molar refractivity (Wildman–Crippen MR) is 60.9 cm³/mol. The Labute approximate surface area is 98.4 Å². The molecule has 1 heterocycles. The fourth-order valence-electron chi connectivity index (χ4n) is 1.77. The lowest BCUT2D eigenvalue weighted by Crippen LogP contribution is -2.38. The second kappa shape index (κ2) is 4.72. The van der Waals surface area contributed by atoms with Crippen LogP contribution < -0.4 is 9.64 Å². The minimum Gasteiger partial charge on any atom is -0.489 e. The van der Waals surface area contributed by atoms with Crippen molar-refractivity contribution in [3.8, 4) is 5.75 Å². The van der Waals surface area contributed by atoms with Crippen LogP contribution in [0.15, 0.2) is 18.2 Å². The van der Waals surface area contributed by atoms with Crippen LogP contribution in [0.25, 0.3) is 0 Å². The third-order valence-electron chi connectivity index (χ3n) is 2.51. The van der Waals surface area contributed by atoms with E-state index >= 15 is 0 Å². The molecule has 0 atom stereocenters. The van der Waals surface area contributed by atoms with E-state index in [-0.39, 0.29) is 18.4 Å². The van der Waals surface area contributed by atoms with E-state index in [0.717, 1.165) is 0 Å². The van der Waals surface area contributed by atoms with Crippen LogP contribution in [-0.4, -0.2) is 30.0 Å². The van der Waals surface area contributed by atoms with E-state index in [9.17, 15) is 4.79 Å². The van der Waals surface area contributed by atoms with Crippen LogP contribution >= 0.6 is 11.6 Å². The molecular formula is C11H12ClNO3. The molecule has 0 saturated carbocycles. The van der Waals surface area contributed by atoms with E-state index in [1.807, 2.05) is 0 Å². The number of rotatable bonds is 2. The zero-order valence-electron chi connectivity index (χ0n) is 8.65. The highest BCUT2D eigenvalue weighted by Crippen LogP contribution is 2.35. The van der Waals surface area contributed by atoms with Gasteiger partial charge in [0.2, 0.25) is 5.91 Å². The second-order valence-electron chi connectivity index (χ2n) is 3.45. The van der Waals surface area contributed by atoms with E-state index in [1.54, 1.807) is 23.1 Å². The molecule has 1 aliphatic heterocycles. The summed E-state index contributed by atoms with van der Waals surface area (Å²) in [5, 5.41) is 9.17. The van der Waals surface area contributed by atoms with Crippen molar-refractivity contribution in [1.82, 2.24) is 0 Å². The molecule has 16 heavy (non-hydrogen) atoms. The minimum absolute atomic E-state index is 0.0528. The number of amides is 1. The molecule has 0 spiro atoms. The Morgan fingerprint density at radius 2 is 2.38 bits per heavy atom. The van der Waals surface area contributed by atoms with E-state index in [1.165, 1.54) is 0 Å². The van der Waals surface area contributed by atoms with Gasteiger partial charge in [-0.3, -0.25) is 4.79 Å². The van der Waals surface area contributed by atoms with Gasteiger partial charge in [0.1, 0.15) is 18.2 Å². The van der Waals surface area contributed by atoms with Gasteiger partial charge < -0.3 is 14.7 Å². The van der Waals surface area contributed by atoms with Crippen LogP contribution in [0.1, 0.15) is 5.56 Å². The van der Waals surface area contributed by atoms with Gasteiger partial charge in [0.15, 0.2) is 0 Å². The van der Waals surface area contributed by atoms with Gasteiger partial charge in [-0.15, -0.1) is 11.6 Å². The van der Waals surface area contributed by atoms with Gasteiger partial charge in [0.25, 0.3) is 0 Å². The van der Waals surface area contributed by atoms with Gasteiger partial charge in [-0.1, -0.05) is 12.1 Å². The number of carbonyl (C=O) groups excluding carboxylic acids is 1. The fraction of sp³-hybridized carbons (Fsp3) is 0.364. The topological polar surface area (TPSA) is 49.8 Å². The molecule has 0 radical (unpaired) electrons. The molecule has 1 N–H and O–H groups in total. The third-order valence-corrected chi connectivity index (χ3v) is 2.74. The van der Waals surface area contributed by atoms with Crippen LogP contribution in [0.2, 0.25) is 0 Å². The highest BCUT2D eigenvalue weighted by Gasteiger charge is 2.24. The van der Waals surface area contributed by atoms with Gasteiger partial charge in [0.05, 0.1) is 18.8 Å². The SMILES string of the molecule is O=C(CCl)N1CCOc2c(CO)cccc21. The van der Waals surface area contributed by atoms with Gasteiger partial charge in [-0.25, -0.2) is 0 Å². The molecule has 0 saturated heterocycles. The Morgan fingerprint density at radius 1 is 1.56 bits per heavy atom. The molecule has 1 aliphatic rings. The summed E-state index contributed by atoms with van der Waals surface area (Å²) >= 11 is 5.54. The van der Waals surface area contributed by atoms with Crippen LogP contribution in [0.3, 0.4) is 0 Å². The lowest BCUT2D eigenvalue weighted by molar-refractivity contribution is -0.116. The summed E-state index contributed by atoms with van der Waals surface area (Å²) in [6.07, 6.45) is 0. The number of carbonyl (C=O) groups is 1. The lowest BCUT2D eigenvalue weighted by atomic mass is 10.1. The van der Waals surface area contributed by atoms with Crippen molar-refractivity contribution < 1.29 is 14.6 Å². The average molecular weight is 242 g/mol. The molecule has 1 aromatic rings. The average Bonchev–Trinajstić information content (AvgIpc) is 2.36. The summed E-state index contributed by atoms with van der Waals surface area (Å²) in [6, 6.07) is 5.35. The number of halogens is 1. The summed E-state index contributed by atoms with van der Waals surface area (Å²) in [5.74, 6) is 0.374. The van der Waals surface area contributed by atoms with Gasteiger partial charge in [-0.05, 0) is 6.07 Å². The number of benzene rings is 1. The second-order valence-corrected chi connectivity index (χ2v) is 3.72. The first kappa shape index (κ1) is 11.2. The first-order chi connectivity index (χ1) is 7.77. The largest absolute Gasteiger partial charge is 0.489 e. The van der Waals surface area contributed by atoms with Crippen LogP contribution in [-0.2, 0) is 11.4 Å². The molecule has 1 amide bonds. The van der Waals surface area contributed by atoms with E-state index in [2.05, 4.69) is 0 Å². The molecule has 86 valence electrons. The van der Waals surface area contributed by atoms with Crippen molar-refractivity contribution in [3.63, 3.8) is 0 Å². The molecular weight excluding hydrogens is 230 g/mol. The molecule has 1 aromatic carbocycles. The quantitative estimate of drug-likeness (QED) is 0.790. The number of fused-ring (bicyclic) bond motifs is 1. The first-order valence-corrected chi connectivity index (χ1v) is 5.53. The molecule has 0 aliphatic carbocycles. The smallest absolute Gasteiger partial charge is 0.242 e. The van der Waals surface area contributed by atoms with Crippen molar-refractivity contribution in [2.24, 2.45) is 0 Å². The minimum atomic E-state index is -0.152. The van der Waals surface area contributed by atoms with Crippen molar-refractivity contribution >= 4 is 23.2 Å². The van der Waals surface area contributed by atoms with Gasteiger partial charge >= 0.3 is 0 Å². The van der Waals surface area contributed by atoms with Crippen LogP contribution in [0, 0.1) is 0 Å². The number of aliphatic hydroxyl groups is 1. The van der Waals surface area contributed by atoms with E-state index < -0.39 is 0 Å². The monoisotopic (exact) mass is 241 g/mol. The molecule has 0 fully saturated rings. The number of para-hydroxylation sites is 1. The number of alkyl halides is 1. The summed E-state index contributed by atoms with van der Waals surface area (Å²) < 4.78 is 5.47. The zero-order valence-corrected chi connectivity index (χ0v) is 9.41. The molecule has 0 unspecified atom stereocenters. The first-order valence-electron chi connectivity index (χ1n) is 4.99. The van der Waals surface area contributed by atoms with Crippen molar-refractivity contribution in [2.45, 2.75) is 6.61 Å². The zero-order chi connectivity index (χ0) is 11.5. The van der Waals surface area contributed by atoms with Crippen molar-refractivity contribution in [3.05, 3.63) is 23.8 Å². The Morgan fingerprint density at radius 3 is 3.06 bits per heavy atom. The predicted octanol–water partition coefficient (Wildman–Crippen LogP) is 1.14. The van der Waals surface area contributed by atoms with Crippen LogP contribution in [0.5, 0.6) is 5.75 Å². The molecule has 2 rings (SSSR count). The summed E-state index contributed by atoms with van der Waals surface area (Å²) in [7, 11) is 0. The highest BCUT2D eigenvalue weighted by molar-refractivity contribution is 6.29. The number of anilines is 1.